The van der Waals surface area contributed by atoms with E-state index in [0.717, 1.165) is 12.8 Å². The molecule has 6 heterocycles. The summed E-state index contributed by atoms with van der Waals surface area (Å²) in [6.45, 7) is 19.3. The Bertz CT molecular complexity index is 4190. The molecule has 4 saturated carbocycles. The largest absolute Gasteiger partial charge is 1.00 e. The number of carboxylic acid groups (broad SMARTS) is 1. The fourth-order valence-electron chi connectivity index (χ4n) is 11.9. The van der Waals surface area contributed by atoms with Crippen LogP contribution < -0.4 is 48.3 Å². The Balaban J connectivity index is -0.000000274. The van der Waals surface area contributed by atoms with Gasteiger partial charge in [0, 0.05) is 134 Å². The van der Waals surface area contributed by atoms with E-state index in [1.165, 1.54) is 93.9 Å². The smallest absolute Gasteiger partial charge is 0.870 e. The normalized spacial score (nSPS) is 16.6. The molecule has 4 aliphatic carbocycles. The molecule has 0 aromatic carbocycles. The summed E-state index contributed by atoms with van der Waals surface area (Å²) in [7, 11) is 11.1. The van der Waals surface area contributed by atoms with Gasteiger partial charge in [0.05, 0.1) is 101 Å². The van der Waals surface area contributed by atoms with Gasteiger partial charge in [0.15, 0.2) is 5.78 Å². The molecule has 5 aromatic heterocycles. The van der Waals surface area contributed by atoms with Crippen LogP contribution in [0.1, 0.15) is 290 Å². The zero-order valence-electron chi connectivity index (χ0n) is 73.2. The maximum atomic E-state index is 13.3. The second-order valence-electron chi connectivity index (χ2n) is 30.0. The van der Waals surface area contributed by atoms with Crippen molar-refractivity contribution in [2.75, 3.05) is 70.1 Å². The average molecular weight is 1990 g/mol. The Kier molecular flexibility index (Phi) is 69.6. The molecule has 10 rings (SSSR count). The zero-order valence-corrected chi connectivity index (χ0v) is 76.4. The number of aromatic carboxylic acids is 1. The van der Waals surface area contributed by atoms with Crippen molar-refractivity contribution in [3.8, 4) is 29.4 Å². The number of hydrogen-bond acceptors (Lipinski definition) is 24. The number of methoxy groups -OCH3 is 8. The van der Waals surface area contributed by atoms with Crippen LogP contribution in [0.3, 0.4) is 0 Å². The maximum Gasteiger partial charge on any atom is 1.00 e. The molecule has 5 aromatic rings. The van der Waals surface area contributed by atoms with Crippen molar-refractivity contribution in [3.05, 3.63) is 153 Å². The van der Waals surface area contributed by atoms with E-state index in [9.17, 15) is 64.2 Å². The number of nitrogens with two attached hydrogens (primary N) is 1. The second-order valence-corrected chi connectivity index (χ2v) is 32.1. The summed E-state index contributed by atoms with van der Waals surface area (Å²) in [5, 5.41) is 26.4. The van der Waals surface area contributed by atoms with Gasteiger partial charge in [-0.2, -0.15) is 0 Å². The van der Waals surface area contributed by atoms with Crippen molar-refractivity contribution in [1.82, 2.24) is 24.9 Å². The van der Waals surface area contributed by atoms with E-state index in [1.54, 1.807) is 54.5 Å². The molecule has 5 fully saturated rings. The number of aliphatic hydroxyl groups is 2. The molecule has 2 atom stereocenters. The van der Waals surface area contributed by atoms with Crippen LogP contribution in [0.25, 0.3) is 24.3 Å². The van der Waals surface area contributed by atoms with Crippen LogP contribution in [0.5, 0.6) is 29.4 Å². The molecule has 1 aliphatic heterocycles. The number of esters is 3. The number of aromatic nitrogens is 5. The van der Waals surface area contributed by atoms with Gasteiger partial charge in [-0.25, -0.2) is 79.2 Å². The first-order valence-electron chi connectivity index (χ1n) is 39.6. The summed E-state index contributed by atoms with van der Waals surface area (Å²) in [5.74, 6) is -8.62. The van der Waals surface area contributed by atoms with Crippen molar-refractivity contribution in [3.63, 3.8) is 0 Å². The summed E-state index contributed by atoms with van der Waals surface area (Å²) in [6.07, 6.45) is 24.7. The molecule has 0 unspecified atom stereocenters. The van der Waals surface area contributed by atoms with Crippen LogP contribution in [0.4, 0.5) is 35.1 Å². The topological polar surface area (TPSA) is 359 Å². The number of allylic oxidation sites excluding steroid dienone is 3. The van der Waals surface area contributed by atoms with E-state index in [0.29, 0.717) is 135 Å². The Morgan fingerprint density at radius 3 is 1.02 bits per heavy atom. The minimum atomic E-state index is -2.55. The summed E-state index contributed by atoms with van der Waals surface area (Å²) in [6, 6.07) is 7.99. The molecule has 0 bridgehead atoms. The average Bonchev–Trinajstić information content (AvgIpc) is 1.64. The third-order valence-corrected chi connectivity index (χ3v) is 21.9. The Morgan fingerprint density at radius 2 is 0.763 bits per heavy atom. The number of hydrogen-bond donors (Lipinski definition) is 4. The van der Waals surface area contributed by atoms with Crippen molar-refractivity contribution in [2.24, 2.45) is 29.4 Å². The predicted octanol–water partition coefficient (Wildman–Crippen LogP) is 20.8. The Labute approximate surface area is 802 Å². The Morgan fingerprint density at radius 1 is 0.481 bits per heavy atom. The molecule has 740 valence electrons. The molecule has 25 nitrogen and oxygen atoms in total. The Hall–Kier alpha value is -8.18. The van der Waals surface area contributed by atoms with Gasteiger partial charge in [-0.05, 0) is 155 Å². The fourth-order valence-corrected chi connectivity index (χ4v) is 12.9. The molecular formula is C94H146BBr2F8LiN6O19. The van der Waals surface area contributed by atoms with Crippen molar-refractivity contribution in [2.45, 2.75) is 261 Å². The van der Waals surface area contributed by atoms with Gasteiger partial charge < -0.3 is 73.7 Å². The summed E-state index contributed by atoms with van der Waals surface area (Å²) < 4.78 is 155. The van der Waals surface area contributed by atoms with Crippen LogP contribution in [0, 0.1) is 23.7 Å². The number of alkyl halides is 9. The third kappa shape index (κ3) is 48.0. The van der Waals surface area contributed by atoms with Gasteiger partial charge in [-0.3, -0.25) is 4.79 Å². The van der Waals surface area contributed by atoms with Gasteiger partial charge in [0.2, 0.25) is 53.1 Å². The van der Waals surface area contributed by atoms with Crippen molar-refractivity contribution < 1.29 is 146 Å². The number of aliphatic hydroxyl groups excluding tert-OH is 2. The first-order chi connectivity index (χ1) is 57.4. The van der Waals surface area contributed by atoms with Gasteiger partial charge in [0.1, 0.15) is 0 Å². The molecule has 0 spiro atoms. The number of Topliss-reactive ketones (excluding diaryl/α,β-unsaturated/α-hetero) is 1. The number of nitrogens with zero attached hydrogens (tertiary/aromatic N) is 5. The van der Waals surface area contributed by atoms with Gasteiger partial charge in [-0.1, -0.05) is 143 Å². The number of carbonyl (C=O) groups is 5. The predicted molar refractivity (Wildman–Crippen MR) is 507 cm³/mol. The third-order valence-electron chi connectivity index (χ3n) is 20.4. The summed E-state index contributed by atoms with van der Waals surface area (Å²) in [4.78, 5) is 77.4. The van der Waals surface area contributed by atoms with Gasteiger partial charge >= 0.3 is 49.9 Å². The van der Waals surface area contributed by atoms with Crippen LogP contribution in [0.15, 0.2) is 103 Å². The van der Waals surface area contributed by atoms with Crippen molar-refractivity contribution in [1.29, 1.82) is 0 Å². The molecular weight excluding hydrogens is 1850 g/mol. The number of halogens is 10. The fraction of sp³-hybridized carbons (Fsp3) is 0.574. The number of ether oxygens (including phenoxy) is 8. The van der Waals surface area contributed by atoms with Crippen LogP contribution in [0.2, 0.25) is 0 Å². The number of pyridine rings is 5. The van der Waals surface area contributed by atoms with Crippen LogP contribution in [-0.4, -0.2) is 198 Å². The SMILES string of the molecule is C.C.C.C.C.C.C.C=CB1OC(C)(C)C(C)(C)O1.C=Cc1cc(C(=O)OC)cnc1OC.CC[C@@H](N)CO.CC[C@H](CO)CC(=O)c1cnc(OC)c(/C=C/C2CCC(F)(F)CC2)c1.COC(=O)c1cnc(OC)c(/C=C/C2CCC(F)(F)CC2)c1.COC(=O)c1cnc(OC)c(Br)c1.COc1ncc(C(=O)O)cc1/C=C/C1CCC(F)(F)CC1.FC1(F)CCC(Br)CC1.[Li+].[OH-]. The molecule has 5 aliphatic rings. The number of rotatable bonds is 24. The van der Waals surface area contributed by atoms with Crippen molar-refractivity contribution >= 4 is 92.9 Å². The second kappa shape index (κ2) is 67.1. The van der Waals surface area contributed by atoms with Crippen LogP contribution in [-0.2, 0) is 23.5 Å². The standard InChI is InChI=1S/C20H27F2NO3.C16H19F2NO3.C15H17F2NO3.C10H11NO3.C8H15BO2.C8H8BrNO3.C6H9BrF2.C4H11NO.7CH4.Li.H2O/c1-3-14(13-24)10-18(25)17-11-16(19(26-2)23-12-17)5-4-15-6-8-20(21,22)9-7-15;1-21-14-12(9-13(10-19-14)15(20)22-2)4-3-11-5-7-16(17,18)8-6-11;1-21-13-11(8-12(9-18-13)14(19)20)3-2-10-4-6-15(16,17)7-5-10;1-4-7-5-8(10(12)14-3)6-11-9(7)13-2;1-6-9-10-7(2,3)8(4,5)11-9;1-12-7-6(9)3-5(4-10-7)8(11)13-2;7-5-1-3-6(8,9)4-2-5;1-2-4(5)3-6;;;;;;;;;/h4-5,11-12,14-15,24H,3,6-10,13H2,1-2H3;3-4,9-11H,5-8H2,1-2H3;2-3,8-10H,4-7H2,1H3,(H,19,20);4-6H,1H2,2-3H3;6H,1H2,2-5H3;3-4H,1-2H3;5H,1-4H2;4,6H,2-3,5H2,1H3;7*1H4;;1H2/q;;;;;;;;;;;;;;;+1;/p-1/b5-4+;4-3+;3-2+;;;;;;;;;;;;;;/t14-;;;;;;;4-;;;;;;;;;/m0......1........./s1. The molecule has 6 N–H and O–H groups in total. The molecule has 37 heteroatoms. The summed E-state index contributed by atoms with van der Waals surface area (Å²) >= 11 is 6.52. The van der Waals surface area contributed by atoms with E-state index < -0.39 is 47.6 Å². The molecule has 131 heavy (non-hydrogen) atoms. The maximum absolute atomic E-state index is 13.3. The molecule has 0 amide bonds. The molecule has 0 radical (unpaired) electrons. The number of carbonyl (C=O) groups excluding carboxylic acids is 4. The summed E-state index contributed by atoms with van der Waals surface area (Å²) in [5.41, 5.74) is 8.85. The first kappa shape index (κ1) is 136. The van der Waals surface area contributed by atoms with E-state index in [4.69, 9.17) is 48.9 Å². The quantitative estimate of drug-likeness (QED) is 0.0111. The van der Waals surface area contributed by atoms with E-state index >= 15 is 0 Å². The number of carboxylic acids is 1. The van der Waals surface area contributed by atoms with Crippen LogP contribution >= 0.6 is 31.9 Å². The van der Waals surface area contributed by atoms with E-state index in [1.807, 2.05) is 59.8 Å². The monoisotopic (exact) mass is 1990 g/mol. The first-order valence-corrected chi connectivity index (χ1v) is 41.3. The zero-order chi connectivity index (χ0) is 91.8. The minimum absolute atomic E-state index is 0. The van der Waals surface area contributed by atoms with Gasteiger partial charge in [-0.15, -0.1) is 6.58 Å². The van der Waals surface area contributed by atoms with E-state index in [2.05, 4.69) is 84.1 Å². The number of ketones is 1. The molecule has 1 saturated heterocycles. The van der Waals surface area contributed by atoms with E-state index in [-0.39, 0.29) is 207 Å². The minimum Gasteiger partial charge on any atom is -0.870 e. The van der Waals surface area contributed by atoms with Gasteiger partial charge in [0.25, 0.3) is 0 Å².